The lowest BCUT2D eigenvalue weighted by molar-refractivity contribution is 0.418. The van der Waals surface area contributed by atoms with Crippen LogP contribution in [0.4, 0.5) is 4.39 Å². The third kappa shape index (κ3) is 2.62. The Labute approximate surface area is 112 Å². The number of benzene rings is 1. The predicted molar refractivity (Wildman–Crippen MR) is 69.5 cm³/mol. The number of halogens is 2. The summed E-state index contributed by atoms with van der Waals surface area (Å²) >= 11 is 3.23. The summed E-state index contributed by atoms with van der Waals surface area (Å²) in [6, 6.07) is 7.28. The van der Waals surface area contributed by atoms with Gasteiger partial charge in [-0.25, -0.2) is 4.39 Å². The van der Waals surface area contributed by atoms with Gasteiger partial charge < -0.3 is 9.84 Å². The highest BCUT2D eigenvalue weighted by atomic mass is 79.9. The summed E-state index contributed by atoms with van der Waals surface area (Å²) in [5.74, 6) is 0.148. The van der Waals surface area contributed by atoms with Gasteiger partial charge in [-0.15, -0.1) is 0 Å². The number of nitrogens with one attached hydrogen (secondary N) is 1. The molecule has 1 heterocycles. The van der Waals surface area contributed by atoms with E-state index in [0.717, 1.165) is 5.69 Å². The minimum absolute atomic E-state index is 0.317. The first-order valence-electron chi connectivity index (χ1n) is 5.87. The Morgan fingerprint density at radius 3 is 2.94 bits per heavy atom. The average Bonchev–Trinajstić information content (AvgIpc) is 3.05. The normalized spacial score (nSPS) is 15.0. The molecule has 1 aromatic heterocycles. The Hall–Kier alpha value is -1.20. The molecule has 18 heavy (non-hydrogen) atoms. The van der Waals surface area contributed by atoms with Crippen molar-refractivity contribution in [2.75, 3.05) is 0 Å². The van der Waals surface area contributed by atoms with Crippen molar-refractivity contribution >= 4 is 15.9 Å². The maximum Gasteiger partial charge on any atom is 0.170 e. The van der Waals surface area contributed by atoms with Crippen molar-refractivity contribution in [1.29, 1.82) is 0 Å². The lowest BCUT2D eigenvalue weighted by Gasteiger charge is -1.98. The van der Waals surface area contributed by atoms with Crippen LogP contribution in [0.2, 0.25) is 0 Å². The summed E-state index contributed by atoms with van der Waals surface area (Å²) in [7, 11) is 0. The number of hydrogen-bond donors (Lipinski definition) is 1. The highest BCUT2D eigenvalue weighted by Gasteiger charge is 2.21. The molecule has 5 heteroatoms. The molecule has 0 atom stereocenters. The van der Waals surface area contributed by atoms with Crippen molar-refractivity contribution in [2.24, 2.45) is 0 Å². The van der Waals surface area contributed by atoms with E-state index >= 15 is 0 Å². The zero-order chi connectivity index (χ0) is 12.5. The van der Waals surface area contributed by atoms with Gasteiger partial charge in [0.25, 0.3) is 0 Å². The third-order valence-electron chi connectivity index (χ3n) is 2.90. The Balaban J connectivity index is 1.78. The number of rotatable bonds is 4. The quantitative estimate of drug-likeness (QED) is 0.939. The summed E-state index contributed by atoms with van der Waals surface area (Å²) in [6.45, 7) is 0.673. The zero-order valence-electron chi connectivity index (χ0n) is 9.62. The fourth-order valence-electron chi connectivity index (χ4n) is 1.75. The molecule has 0 aliphatic heterocycles. The van der Waals surface area contributed by atoms with Gasteiger partial charge in [0, 0.05) is 23.1 Å². The zero-order valence-corrected chi connectivity index (χ0v) is 11.2. The lowest BCUT2D eigenvalue weighted by atomic mass is 10.1. The summed E-state index contributed by atoms with van der Waals surface area (Å²) in [5, 5.41) is 7.28. The molecule has 1 saturated carbocycles. The van der Waals surface area contributed by atoms with Gasteiger partial charge in [-0.2, -0.15) is 0 Å². The average molecular weight is 311 g/mol. The molecule has 1 aliphatic rings. The van der Waals surface area contributed by atoms with Crippen molar-refractivity contribution < 1.29 is 8.91 Å². The second kappa shape index (κ2) is 4.82. The molecule has 0 saturated heterocycles. The summed E-state index contributed by atoms with van der Waals surface area (Å²) in [4.78, 5) is 0. The van der Waals surface area contributed by atoms with Gasteiger partial charge in [0.1, 0.15) is 5.82 Å². The molecule has 3 rings (SSSR count). The number of hydrogen-bond acceptors (Lipinski definition) is 3. The molecule has 0 spiro atoms. The SMILES string of the molecule is Fc1cc(Br)ccc1-c1cc(CNC2CC2)no1. The molecule has 0 bridgehead atoms. The van der Waals surface area contributed by atoms with Crippen LogP contribution in [0.25, 0.3) is 11.3 Å². The Bertz CT molecular complexity index is 566. The standard InChI is InChI=1S/C13H12BrFN2O/c14-8-1-4-11(12(15)5-8)13-6-10(17-18-13)7-16-9-2-3-9/h1,4-6,9,16H,2-3,7H2. The molecule has 0 unspecified atom stereocenters. The molecule has 1 aliphatic carbocycles. The fraction of sp³-hybridized carbons (Fsp3) is 0.308. The Morgan fingerprint density at radius 2 is 2.22 bits per heavy atom. The van der Waals surface area contributed by atoms with Crippen LogP contribution >= 0.6 is 15.9 Å². The van der Waals surface area contributed by atoms with Gasteiger partial charge >= 0.3 is 0 Å². The molecule has 94 valence electrons. The Morgan fingerprint density at radius 1 is 1.39 bits per heavy atom. The molecule has 1 aromatic carbocycles. The topological polar surface area (TPSA) is 38.1 Å². The number of aromatic nitrogens is 1. The molecule has 1 N–H and O–H groups in total. The third-order valence-corrected chi connectivity index (χ3v) is 3.40. The van der Waals surface area contributed by atoms with E-state index in [1.165, 1.54) is 18.9 Å². The smallest absolute Gasteiger partial charge is 0.170 e. The van der Waals surface area contributed by atoms with Crippen LogP contribution in [0.3, 0.4) is 0 Å². The summed E-state index contributed by atoms with van der Waals surface area (Å²) in [5.41, 5.74) is 1.24. The van der Waals surface area contributed by atoms with Crippen molar-refractivity contribution in [3.8, 4) is 11.3 Å². The van der Waals surface area contributed by atoms with Crippen molar-refractivity contribution in [1.82, 2.24) is 10.5 Å². The lowest BCUT2D eigenvalue weighted by Crippen LogP contribution is -2.15. The van der Waals surface area contributed by atoms with Crippen molar-refractivity contribution in [3.63, 3.8) is 0 Å². The van der Waals surface area contributed by atoms with Crippen LogP contribution in [0.15, 0.2) is 33.3 Å². The molecule has 1 fully saturated rings. The molecule has 0 radical (unpaired) electrons. The Kier molecular flexibility index (Phi) is 3.18. The molecular formula is C13H12BrFN2O. The molecule has 0 amide bonds. The molecular weight excluding hydrogens is 299 g/mol. The van der Waals surface area contributed by atoms with Gasteiger partial charge in [-0.3, -0.25) is 0 Å². The fourth-order valence-corrected chi connectivity index (χ4v) is 2.08. The van der Waals surface area contributed by atoms with Crippen LogP contribution in [0.1, 0.15) is 18.5 Å². The minimum atomic E-state index is -0.317. The van der Waals surface area contributed by atoms with Crippen LogP contribution in [0, 0.1) is 5.82 Å². The first-order chi connectivity index (χ1) is 8.72. The van der Waals surface area contributed by atoms with E-state index in [4.69, 9.17) is 4.52 Å². The molecule has 2 aromatic rings. The van der Waals surface area contributed by atoms with Crippen LogP contribution in [-0.2, 0) is 6.54 Å². The van der Waals surface area contributed by atoms with E-state index in [1.54, 1.807) is 18.2 Å². The molecule has 3 nitrogen and oxygen atoms in total. The minimum Gasteiger partial charge on any atom is -0.356 e. The highest BCUT2D eigenvalue weighted by molar-refractivity contribution is 9.10. The highest BCUT2D eigenvalue weighted by Crippen LogP contribution is 2.26. The van der Waals surface area contributed by atoms with Gasteiger partial charge in [0.15, 0.2) is 5.76 Å². The van der Waals surface area contributed by atoms with E-state index in [9.17, 15) is 4.39 Å². The van der Waals surface area contributed by atoms with Gasteiger partial charge in [-0.1, -0.05) is 21.1 Å². The van der Waals surface area contributed by atoms with E-state index in [1.807, 2.05) is 0 Å². The van der Waals surface area contributed by atoms with E-state index in [2.05, 4.69) is 26.4 Å². The van der Waals surface area contributed by atoms with Crippen LogP contribution in [-0.4, -0.2) is 11.2 Å². The van der Waals surface area contributed by atoms with E-state index in [0.29, 0.717) is 28.4 Å². The van der Waals surface area contributed by atoms with Gasteiger partial charge in [-0.05, 0) is 31.0 Å². The second-order valence-corrected chi connectivity index (χ2v) is 5.38. The maximum atomic E-state index is 13.7. The van der Waals surface area contributed by atoms with E-state index < -0.39 is 0 Å². The van der Waals surface area contributed by atoms with Gasteiger partial charge in [0.05, 0.1) is 11.3 Å². The van der Waals surface area contributed by atoms with Crippen LogP contribution in [0.5, 0.6) is 0 Å². The summed E-state index contributed by atoms with van der Waals surface area (Å²) in [6.07, 6.45) is 2.46. The van der Waals surface area contributed by atoms with Crippen molar-refractivity contribution in [2.45, 2.75) is 25.4 Å². The first-order valence-corrected chi connectivity index (χ1v) is 6.66. The summed E-state index contributed by atoms with van der Waals surface area (Å²) < 4.78 is 19.6. The number of nitrogens with zero attached hydrogens (tertiary/aromatic N) is 1. The largest absolute Gasteiger partial charge is 0.356 e. The van der Waals surface area contributed by atoms with E-state index in [-0.39, 0.29) is 5.82 Å². The van der Waals surface area contributed by atoms with Crippen molar-refractivity contribution in [3.05, 3.63) is 40.2 Å². The maximum absolute atomic E-state index is 13.7. The first kappa shape index (κ1) is 11.9. The van der Waals surface area contributed by atoms with Crippen LogP contribution < -0.4 is 5.32 Å². The van der Waals surface area contributed by atoms with Gasteiger partial charge in [0.2, 0.25) is 0 Å². The monoisotopic (exact) mass is 310 g/mol. The second-order valence-electron chi connectivity index (χ2n) is 4.46. The predicted octanol–water partition coefficient (Wildman–Crippen LogP) is 3.50.